The van der Waals surface area contributed by atoms with Crippen LogP contribution in [0.15, 0.2) is 12.4 Å². The normalized spacial score (nSPS) is 9.50. The molecule has 1 aromatic heterocycles. The van der Waals surface area contributed by atoms with Crippen molar-refractivity contribution >= 4 is 29.3 Å². The second kappa shape index (κ2) is 4.52. The lowest BCUT2D eigenvalue weighted by atomic mass is 10.4. The Morgan fingerprint density at radius 1 is 1.50 bits per heavy atom. The Hall–Kier alpha value is -1.69. The molecule has 2 N–H and O–H groups in total. The van der Waals surface area contributed by atoms with E-state index >= 15 is 0 Å². The predicted octanol–water partition coefficient (Wildman–Crippen LogP) is 0.543. The van der Waals surface area contributed by atoms with E-state index in [-0.39, 0.29) is 11.0 Å². The Morgan fingerprint density at radius 2 is 2.21 bits per heavy atom. The predicted molar refractivity (Wildman–Crippen MR) is 47.9 cm³/mol. The summed E-state index contributed by atoms with van der Waals surface area (Å²) in [5.74, 6) is -1.69. The van der Waals surface area contributed by atoms with Gasteiger partial charge < -0.3 is 10.4 Å². The summed E-state index contributed by atoms with van der Waals surface area (Å²) in [6.45, 7) is 0. The highest BCUT2D eigenvalue weighted by Crippen LogP contribution is 2.08. The molecular weight excluding hydrogens is 210 g/mol. The van der Waals surface area contributed by atoms with Crippen LogP contribution in [-0.2, 0) is 9.59 Å². The van der Waals surface area contributed by atoms with Gasteiger partial charge in [-0.15, -0.1) is 0 Å². The minimum atomic E-state index is -1.21. The Kier molecular flexibility index (Phi) is 3.35. The molecule has 14 heavy (non-hydrogen) atoms. The second-order valence-corrected chi connectivity index (χ2v) is 2.73. The molecule has 0 saturated carbocycles. The third kappa shape index (κ3) is 3.36. The highest BCUT2D eigenvalue weighted by Gasteiger charge is 2.08. The molecule has 1 amide bonds. The third-order valence-electron chi connectivity index (χ3n) is 1.21. The van der Waals surface area contributed by atoms with Crippen LogP contribution in [0, 0.1) is 0 Å². The van der Waals surface area contributed by atoms with Crippen LogP contribution in [0.5, 0.6) is 0 Å². The maximum atomic E-state index is 10.9. The first kappa shape index (κ1) is 10.4. The van der Waals surface area contributed by atoms with Crippen molar-refractivity contribution in [3.05, 3.63) is 17.5 Å². The number of nitrogens with zero attached hydrogens (tertiary/aromatic N) is 2. The van der Waals surface area contributed by atoms with Gasteiger partial charge in [0.1, 0.15) is 23.7 Å². The largest absolute Gasteiger partial charge is 0.481 e. The van der Waals surface area contributed by atoms with E-state index in [4.69, 9.17) is 16.7 Å². The molecule has 0 saturated heterocycles. The van der Waals surface area contributed by atoms with Crippen LogP contribution in [-0.4, -0.2) is 27.0 Å². The van der Waals surface area contributed by atoms with Crippen LogP contribution in [0.1, 0.15) is 6.42 Å². The summed E-state index contributed by atoms with van der Waals surface area (Å²) in [6.07, 6.45) is 0.556. The molecule has 0 bridgehead atoms. The topological polar surface area (TPSA) is 92.2 Å². The minimum Gasteiger partial charge on any atom is -0.481 e. The van der Waals surface area contributed by atoms with E-state index in [1.54, 1.807) is 0 Å². The molecule has 1 aromatic rings. The quantitative estimate of drug-likeness (QED) is 0.567. The van der Waals surface area contributed by atoms with Crippen molar-refractivity contribution in [1.82, 2.24) is 9.97 Å². The number of hydrogen-bond donors (Lipinski definition) is 2. The summed E-state index contributed by atoms with van der Waals surface area (Å²) in [6, 6.07) is 1.32. The number of carboxylic acid groups (broad SMARTS) is 1. The monoisotopic (exact) mass is 215 g/mol. The van der Waals surface area contributed by atoms with Crippen molar-refractivity contribution < 1.29 is 14.7 Å². The molecule has 74 valence electrons. The van der Waals surface area contributed by atoms with Gasteiger partial charge in [-0.3, -0.25) is 9.59 Å². The molecule has 0 unspecified atom stereocenters. The maximum absolute atomic E-state index is 10.9. The fourth-order valence-corrected chi connectivity index (χ4v) is 0.873. The molecule has 6 nitrogen and oxygen atoms in total. The highest BCUT2D eigenvalue weighted by atomic mass is 35.5. The molecule has 0 atom stereocenters. The number of rotatable bonds is 3. The lowest BCUT2D eigenvalue weighted by Gasteiger charge is -2.01. The molecule has 0 radical (unpaired) electrons. The summed E-state index contributed by atoms with van der Waals surface area (Å²) < 4.78 is 0. The lowest BCUT2D eigenvalue weighted by Crippen LogP contribution is -2.16. The van der Waals surface area contributed by atoms with E-state index in [2.05, 4.69) is 15.3 Å². The number of aromatic nitrogens is 2. The van der Waals surface area contributed by atoms with Crippen molar-refractivity contribution in [3.63, 3.8) is 0 Å². The van der Waals surface area contributed by atoms with Gasteiger partial charge in [0, 0.05) is 6.07 Å². The zero-order valence-corrected chi connectivity index (χ0v) is 7.65. The average Bonchev–Trinajstić information content (AvgIpc) is 2.01. The molecular formula is C7H6ClN3O3. The molecule has 1 heterocycles. The van der Waals surface area contributed by atoms with Crippen LogP contribution in [0.25, 0.3) is 0 Å². The van der Waals surface area contributed by atoms with Gasteiger partial charge in [-0.05, 0) is 0 Å². The van der Waals surface area contributed by atoms with E-state index in [1.165, 1.54) is 12.4 Å². The number of carbonyl (C=O) groups is 2. The van der Waals surface area contributed by atoms with Gasteiger partial charge in [-0.1, -0.05) is 11.6 Å². The minimum absolute atomic E-state index is 0.172. The first-order valence-electron chi connectivity index (χ1n) is 3.57. The van der Waals surface area contributed by atoms with Crippen LogP contribution < -0.4 is 5.32 Å². The summed E-state index contributed by atoms with van der Waals surface area (Å²) >= 11 is 5.52. The van der Waals surface area contributed by atoms with Gasteiger partial charge in [0.25, 0.3) is 0 Å². The van der Waals surface area contributed by atoms with E-state index in [1.807, 2.05) is 0 Å². The van der Waals surface area contributed by atoms with Crippen molar-refractivity contribution in [2.75, 3.05) is 5.32 Å². The van der Waals surface area contributed by atoms with Gasteiger partial charge >= 0.3 is 5.97 Å². The first-order chi connectivity index (χ1) is 6.58. The Morgan fingerprint density at radius 3 is 2.79 bits per heavy atom. The Bertz CT molecular complexity index is 369. The number of carbonyl (C=O) groups excluding carboxylic acids is 1. The second-order valence-electron chi connectivity index (χ2n) is 2.34. The molecule has 7 heteroatoms. The maximum Gasteiger partial charge on any atom is 0.312 e. The van der Waals surface area contributed by atoms with Crippen molar-refractivity contribution in [2.45, 2.75) is 6.42 Å². The number of carboxylic acids is 1. The van der Waals surface area contributed by atoms with Crippen LogP contribution in [0.4, 0.5) is 5.82 Å². The van der Waals surface area contributed by atoms with E-state index < -0.39 is 18.3 Å². The van der Waals surface area contributed by atoms with Crippen LogP contribution >= 0.6 is 11.6 Å². The van der Waals surface area contributed by atoms with Crippen molar-refractivity contribution in [1.29, 1.82) is 0 Å². The van der Waals surface area contributed by atoms with E-state index in [0.717, 1.165) is 0 Å². The number of aliphatic carboxylic acids is 1. The molecule has 0 fully saturated rings. The Balaban J connectivity index is 2.60. The Labute approximate surface area is 83.9 Å². The zero-order chi connectivity index (χ0) is 10.6. The van der Waals surface area contributed by atoms with Gasteiger partial charge in [-0.25, -0.2) is 9.97 Å². The fourth-order valence-electron chi connectivity index (χ4n) is 0.726. The molecule has 1 rings (SSSR count). The SMILES string of the molecule is O=C(O)CC(=O)Nc1cc(Cl)ncn1. The van der Waals surface area contributed by atoms with Gasteiger partial charge in [-0.2, -0.15) is 0 Å². The fraction of sp³-hybridized carbons (Fsp3) is 0.143. The summed E-state index contributed by atoms with van der Waals surface area (Å²) in [5, 5.41) is 10.7. The van der Waals surface area contributed by atoms with E-state index in [9.17, 15) is 9.59 Å². The van der Waals surface area contributed by atoms with E-state index in [0.29, 0.717) is 0 Å². The number of nitrogens with one attached hydrogen (secondary N) is 1. The standard InChI is InChI=1S/C7H6ClN3O3/c8-4-1-5(10-3-9-4)11-6(12)2-7(13)14/h1,3H,2H2,(H,13,14)(H,9,10,11,12). The van der Waals surface area contributed by atoms with Gasteiger partial charge in [0.05, 0.1) is 0 Å². The highest BCUT2D eigenvalue weighted by molar-refractivity contribution is 6.29. The smallest absolute Gasteiger partial charge is 0.312 e. The number of amides is 1. The molecule has 0 aliphatic carbocycles. The zero-order valence-electron chi connectivity index (χ0n) is 6.90. The summed E-state index contributed by atoms with van der Waals surface area (Å²) in [7, 11) is 0. The van der Waals surface area contributed by atoms with Crippen molar-refractivity contribution in [2.24, 2.45) is 0 Å². The summed E-state index contributed by atoms with van der Waals surface area (Å²) in [4.78, 5) is 28.3. The molecule has 0 aliphatic rings. The number of anilines is 1. The molecule has 0 aliphatic heterocycles. The van der Waals surface area contributed by atoms with Crippen LogP contribution in [0.3, 0.4) is 0 Å². The van der Waals surface area contributed by atoms with Crippen molar-refractivity contribution in [3.8, 4) is 0 Å². The molecule has 0 spiro atoms. The first-order valence-corrected chi connectivity index (χ1v) is 3.95. The van der Waals surface area contributed by atoms with Gasteiger partial charge in [0.2, 0.25) is 5.91 Å². The molecule has 0 aromatic carbocycles. The lowest BCUT2D eigenvalue weighted by molar-refractivity contribution is -0.139. The summed E-state index contributed by atoms with van der Waals surface area (Å²) in [5.41, 5.74) is 0. The number of halogens is 1. The third-order valence-corrected chi connectivity index (χ3v) is 1.42. The average molecular weight is 216 g/mol. The van der Waals surface area contributed by atoms with Gasteiger partial charge in [0.15, 0.2) is 0 Å². The number of hydrogen-bond acceptors (Lipinski definition) is 4. The van der Waals surface area contributed by atoms with Crippen LogP contribution in [0.2, 0.25) is 5.15 Å².